The van der Waals surface area contributed by atoms with Crippen molar-refractivity contribution in [1.82, 2.24) is 15.3 Å². The number of thioether (sulfide) groups is 1. The lowest BCUT2D eigenvalue weighted by Crippen LogP contribution is -2.28. The molecule has 5 heteroatoms. The summed E-state index contributed by atoms with van der Waals surface area (Å²) in [5.74, 6) is 3.29. The number of fused-ring (bicyclic) bond motifs is 2. The van der Waals surface area contributed by atoms with Gasteiger partial charge in [-0.15, -0.1) is 0 Å². The SMILES string of the molecule is Cc1cc(C)nc(SCC(=O)NCC[C@H]2C[C@H]3CC[C@H]2C3)n1. The molecule has 2 aliphatic carbocycles. The largest absolute Gasteiger partial charge is 0.355 e. The maximum atomic E-state index is 11.9. The molecule has 1 N–H and O–H groups in total. The zero-order valence-electron chi connectivity index (χ0n) is 13.5. The van der Waals surface area contributed by atoms with Crippen LogP contribution in [0.1, 0.15) is 43.5 Å². The quantitative estimate of drug-likeness (QED) is 0.646. The third-order valence-corrected chi connectivity index (χ3v) is 5.86. The van der Waals surface area contributed by atoms with Gasteiger partial charge in [0.2, 0.25) is 5.91 Å². The van der Waals surface area contributed by atoms with E-state index in [0.717, 1.165) is 42.1 Å². The minimum Gasteiger partial charge on any atom is -0.355 e. The van der Waals surface area contributed by atoms with Crippen LogP contribution in [0.3, 0.4) is 0 Å². The fourth-order valence-corrected chi connectivity index (χ4v) is 4.85. The zero-order chi connectivity index (χ0) is 15.5. The molecule has 0 saturated heterocycles. The first-order valence-electron chi connectivity index (χ1n) is 8.32. The van der Waals surface area contributed by atoms with Crippen molar-refractivity contribution < 1.29 is 4.79 Å². The number of carbonyl (C=O) groups excluding carboxylic acids is 1. The Kier molecular flexibility index (Phi) is 5.01. The van der Waals surface area contributed by atoms with Crippen LogP contribution in [0, 0.1) is 31.6 Å². The van der Waals surface area contributed by atoms with E-state index >= 15 is 0 Å². The van der Waals surface area contributed by atoms with Crippen molar-refractivity contribution in [3.05, 3.63) is 17.5 Å². The minimum atomic E-state index is 0.0934. The maximum absolute atomic E-state index is 11.9. The number of hydrogen-bond donors (Lipinski definition) is 1. The summed E-state index contributed by atoms with van der Waals surface area (Å²) in [6, 6.07) is 1.94. The average molecular weight is 319 g/mol. The molecule has 22 heavy (non-hydrogen) atoms. The first kappa shape index (κ1) is 15.8. The minimum absolute atomic E-state index is 0.0934. The predicted octanol–water partition coefficient (Wildman–Crippen LogP) is 3.13. The van der Waals surface area contributed by atoms with Crippen molar-refractivity contribution in [1.29, 1.82) is 0 Å². The highest BCUT2D eigenvalue weighted by Crippen LogP contribution is 2.49. The second-order valence-electron chi connectivity index (χ2n) is 6.80. The first-order valence-corrected chi connectivity index (χ1v) is 9.30. The fourth-order valence-electron chi connectivity index (χ4n) is 4.07. The number of aromatic nitrogens is 2. The van der Waals surface area contributed by atoms with Crippen LogP contribution in [0.5, 0.6) is 0 Å². The molecule has 0 radical (unpaired) electrons. The monoisotopic (exact) mass is 319 g/mol. The van der Waals surface area contributed by atoms with E-state index in [0.29, 0.717) is 10.9 Å². The molecule has 1 amide bonds. The lowest BCUT2D eigenvalue weighted by molar-refractivity contribution is -0.118. The van der Waals surface area contributed by atoms with E-state index in [1.165, 1.54) is 37.4 Å². The van der Waals surface area contributed by atoms with Crippen LogP contribution < -0.4 is 5.32 Å². The summed E-state index contributed by atoms with van der Waals surface area (Å²) in [7, 11) is 0. The number of hydrogen-bond acceptors (Lipinski definition) is 4. The Morgan fingerprint density at radius 3 is 2.68 bits per heavy atom. The molecule has 2 aliphatic rings. The molecule has 3 atom stereocenters. The highest BCUT2D eigenvalue weighted by atomic mass is 32.2. The van der Waals surface area contributed by atoms with Gasteiger partial charge in [0.05, 0.1) is 5.75 Å². The van der Waals surface area contributed by atoms with Gasteiger partial charge in [0.15, 0.2) is 5.16 Å². The molecule has 120 valence electrons. The van der Waals surface area contributed by atoms with Gasteiger partial charge in [-0.3, -0.25) is 4.79 Å². The second-order valence-corrected chi connectivity index (χ2v) is 7.74. The molecular formula is C17H25N3OS. The van der Waals surface area contributed by atoms with Gasteiger partial charge in [-0.1, -0.05) is 18.2 Å². The summed E-state index contributed by atoms with van der Waals surface area (Å²) in [5.41, 5.74) is 1.90. The third-order valence-electron chi connectivity index (χ3n) is 5.02. The van der Waals surface area contributed by atoms with Crippen LogP contribution in [0.4, 0.5) is 0 Å². The van der Waals surface area contributed by atoms with Crippen LogP contribution in [-0.2, 0) is 4.79 Å². The lowest BCUT2D eigenvalue weighted by Gasteiger charge is -2.21. The van der Waals surface area contributed by atoms with Gasteiger partial charge in [-0.2, -0.15) is 0 Å². The third kappa shape index (κ3) is 4.00. The highest BCUT2D eigenvalue weighted by molar-refractivity contribution is 7.99. The number of aryl methyl sites for hydroxylation is 2. The summed E-state index contributed by atoms with van der Waals surface area (Å²) in [4.78, 5) is 20.6. The average Bonchev–Trinajstić information content (AvgIpc) is 3.07. The molecule has 2 saturated carbocycles. The smallest absolute Gasteiger partial charge is 0.230 e. The van der Waals surface area contributed by atoms with E-state index in [2.05, 4.69) is 15.3 Å². The van der Waals surface area contributed by atoms with Gasteiger partial charge < -0.3 is 5.32 Å². The van der Waals surface area contributed by atoms with Crippen LogP contribution in [0.25, 0.3) is 0 Å². The second kappa shape index (κ2) is 6.99. The first-order chi connectivity index (χ1) is 10.6. The molecule has 2 fully saturated rings. The van der Waals surface area contributed by atoms with E-state index in [9.17, 15) is 4.79 Å². The van der Waals surface area contributed by atoms with Gasteiger partial charge in [0.25, 0.3) is 0 Å². The Labute approximate surface area is 136 Å². The molecule has 1 heterocycles. The van der Waals surface area contributed by atoms with Crippen LogP contribution in [0.15, 0.2) is 11.2 Å². The van der Waals surface area contributed by atoms with Crippen molar-refractivity contribution in [3.63, 3.8) is 0 Å². The molecule has 3 rings (SSSR count). The van der Waals surface area contributed by atoms with Gasteiger partial charge >= 0.3 is 0 Å². The molecule has 1 aromatic heterocycles. The molecule has 1 aromatic rings. The van der Waals surface area contributed by atoms with Gasteiger partial charge in [-0.05, 0) is 63.4 Å². The molecular weight excluding hydrogens is 294 g/mol. The van der Waals surface area contributed by atoms with Crippen molar-refractivity contribution >= 4 is 17.7 Å². The Morgan fingerprint density at radius 2 is 2.05 bits per heavy atom. The molecule has 0 aliphatic heterocycles. The Morgan fingerprint density at radius 1 is 1.27 bits per heavy atom. The van der Waals surface area contributed by atoms with E-state index < -0.39 is 0 Å². The molecule has 2 bridgehead atoms. The summed E-state index contributed by atoms with van der Waals surface area (Å²) in [6.07, 6.45) is 6.85. The van der Waals surface area contributed by atoms with Gasteiger partial charge in [0, 0.05) is 17.9 Å². The van der Waals surface area contributed by atoms with E-state index in [4.69, 9.17) is 0 Å². The number of amides is 1. The van der Waals surface area contributed by atoms with Crippen LogP contribution in [0.2, 0.25) is 0 Å². The number of nitrogens with zero attached hydrogens (tertiary/aromatic N) is 2. The van der Waals surface area contributed by atoms with Crippen molar-refractivity contribution in [2.24, 2.45) is 17.8 Å². The summed E-state index contributed by atoms with van der Waals surface area (Å²) in [5, 5.41) is 3.75. The number of nitrogens with one attached hydrogen (secondary N) is 1. The van der Waals surface area contributed by atoms with Gasteiger partial charge in [0.1, 0.15) is 0 Å². The van der Waals surface area contributed by atoms with Crippen LogP contribution >= 0.6 is 11.8 Å². The van der Waals surface area contributed by atoms with E-state index in [1.807, 2.05) is 19.9 Å². The predicted molar refractivity (Wildman–Crippen MR) is 88.8 cm³/mol. The topological polar surface area (TPSA) is 54.9 Å². The molecule has 4 nitrogen and oxygen atoms in total. The van der Waals surface area contributed by atoms with Gasteiger partial charge in [-0.25, -0.2) is 9.97 Å². The molecule has 0 spiro atoms. The zero-order valence-corrected chi connectivity index (χ0v) is 14.3. The lowest BCUT2D eigenvalue weighted by atomic mass is 9.86. The summed E-state index contributed by atoms with van der Waals surface area (Å²) in [6.45, 7) is 4.73. The Balaban J connectivity index is 1.36. The van der Waals surface area contributed by atoms with Crippen molar-refractivity contribution in [2.75, 3.05) is 12.3 Å². The number of rotatable bonds is 6. The fraction of sp³-hybridized carbons (Fsp3) is 0.706. The number of carbonyl (C=O) groups is 1. The van der Waals surface area contributed by atoms with Crippen LogP contribution in [-0.4, -0.2) is 28.2 Å². The highest BCUT2D eigenvalue weighted by Gasteiger charge is 2.38. The maximum Gasteiger partial charge on any atom is 0.230 e. The van der Waals surface area contributed by atoms with E-state index in [-0.39, 0.29) is 5.91 Å². The Bertz CT molecular complexity index is 528. The summed E-state index contributed by atoms with van der Waals surface area (Å²) < 4.78 is 0. The Hall–Kier alpha value is -1.10. The van der Waals surface area contributed by atoms with E-state index in [1.54, 1.807) is 0 Å². The molecule has 0 aromatic carbocycles. The van der Waals surface area contributed by atoms with Crippen molar-refractivity contribution in [2.45, 2.75) is 51.1 Å². The summed E-state index contributed by atoms with van der Waals surface area (Å²) >= 11 is 1.42. The molecule has 0 unspecified atom stereocenters. The normalized spacial score (nSPS) is 26.4. The van der Waals surface area contributed by atoms with Crippen molar-refractivity contribution in [3.8, 4) is 0 Å². The standard InChI is InChI=1S/C17H25N3OS/c1-11-7-12(2)20-17(19-11)22-10-16(21)18-6-5-15-9-13-3-4-14(15)8-13/h7,13-15H,3-6,8-10H2,1-2H3,(H,18,21)/t13-,14-,15-/m0/s1.